The number of nitrogen functional groups attached to an aromatic ring is 1. The lowest BCUT2D eigenvalue weighted by Gasteiger charge is -2.30. The van der Waals surface area contributed by atoms with Gasteiger partial charge in [0.1, 0.15) is 24.8 Å². The Bertz CT molecular complexity index is 1560. The molecular weight excluding hydrogens is 603 g/mol. The van der Waals surface area contributed by atoms with E-state index in [0.29, 0.717) is 40.7 Å². The average molecular weight is 631 g/mol. The number of benzene rings is 2. The van der Waals surface area contributed by atoms with Gasteiger partial charge in [0.2, 0.25) is 5.95 Å². The van der Waals surface area contributed by atoms with Crippen LogP contribution in [0.25, 0.3) is 0 Å². The van der Waals surface area contributed by atoms with Crippen molar-refractivity contribution in [2.75, 3.05) is 29.5 Å². The standard InChI is InChI=1S/C28H28Cl2N6O7/c29-19-2-1-3-20(30)18(19)13-43-27(42)21(8-9-22(38)39)34-25(40)14-4-6-16(7-5-14)32-10-15-11-33-24-23(17(15)12-37)26(41)36-28(31)35-24/h1-7,12,15,17,21,32H,8-11,13H2,(H,34,40)(H,38,39)(H4,31,33,35,36,41)/t15-,17?,21+/m1/s1. The number of nitrogens with zero attached hydrogens (tertiary/aromatic N) is 1. The highest BCUT2D eigenvalue weighted by Gasteiger charge is 2.33. The van der Waals surface area contributed by atoms with Crippen LogP contribution >= 0.6 is 23.2 Å². The number of amides is 1. The number of aliphatic carboxylic acids is 1. The van der Waals surface area contributed by atoms with Crippen molar-refractivity contribution in [3.8, 4) is 0 Å². The molecule has 0 aliphatic carbocycles. The minimum atomic E-state index is -1.24. The summed E-state index contributed by atoms with van der Waals surface area (Å²) in [5.41, 5.74) is 6.56. The normalized spacial score (nSPS) is 16.2. The van der Waals surface area contributed by atoms with Gasteiger partial charge in [-0.05, 0) is 42.8 Å². The van der Waals surface area contributed by atoms with E-state index in [4.69, 9.17) is 38.8 Å². The summed E-state index contributed by atoms with van der Waals surface area (Å²) < 4.78 is 5.30. The minimum absolute atomic E-state index is 0.0475. The van der Waals surface area contributed by atoms with Gasteiger partial charge in [0.15, 0.2) is 0 Å². The third-order valence-electron chi connectivity index (χ3n) is 6.87. The number of fused-ring (bicyclic) bond motifs is 1. The van der Waals surface area contributed by atoms with Crippen LogP contribution in [-0.4, -0.2) is 58.3 Å². The number of H-pyrrole nitrogens is 1. The minimum Gasteiger partial charge on any atom is -0.481 e. The Balaban J connectivity index is 1.37. The maximum absolute atomic E-state index is 12.9. The Hall–Kier alpha value is -4.62. The molecule has 3 aromatic rings. The van der Waals surface area contributed by atoms with E-state index in [9.17, 15) is 24.0 Å². The van der Waals surface area contributed by atoms with Gasteiger partial charge in [0.25, 0.3) is 11.5 Å². The lowest BCUT2D eigenvalue weighted by molar-refractivity contribution is -0.147. The molecule has 0 fully saturated rings. The number of rotatable bonds is 12. The van der Waals surface area contributed by atoms with Crippen LogP contribution in [0, 0.1) is 5.92 Å². The van der Waals surface area contributed by atoms with Crippen LogP contribution < -0.4 is 27.2 Å². The number of aromatic nitrogens is 2. The molecule has 0 saturated carbocycles. The van der Waals surface area contributed by atoms with E-state index in [1.165, 1.54) is 12.1 Å². The highest BCUT2D eigenvalue weighted by molar-refractivity contribution is 6.36. The zero-order valence-corrected chi connectivity index (χ0v) is 24.1. The molecule has 2 aromatic carbocycles. The van der Waals surface area contributed by atoms with Crippen LogP contribution in [0.15, 0.2) is 47.3 Å². The summed E-state index contributed by atoms with van der Waals surface area (Å²) in [5, 5.41) is 18.4. The first-order valence-corrected chi connectivity index (χ1v) is 13.9. The van der Waals surface area contributed by atoms with E-state index in [1.54, 1.807) is 30.3 Å². The van der Waals surface area contributed by atoms with Gasteiger partial charge in [-0.2, -0.15) is 4.98 Å². The van der Waals surface area contributed by atoms with Crippen LogP contribution in [0.4, 0.5) is 17.5 Å². The number of aromatic amines is 1. The molecular formula is C28H28Cl2N6O7. The van der Waals surface area contributed by atoms with Crippen LogP contribution in [0.2, 0.25) is 10.0 Å². The largest absolute Gasteiger partial charge is 0.481 e. The zero-order chi connectivity index (χ0) is 31.1. The Kier molecular flexibility index (Phi) is 10.2. The second-order valence-corrected chi connectivity index (χ2v) is 10.6. The number of ether oxygens (including phenoxy) is 1. The van der Waals surface area contributed by atoms with Gasteiger partial charge in [0, 0.05) is 52.3 Å². The first kappa shape index (κ1) is 31.3. The van der Waals surface area contributed by atoms with Crippen molar-refractivity contribution in [2.45, 2.75) is 31.4 Å². The van der Waals surface area contributed by atoms with E-state index in [-0.39, 0.29) is 48.3 Å². The summed E-state index contributed by atoms with van der Waals surface area (Å²) in [4.78, 5) is 67.6. The maximum Gasteiger partial charge on any atom is 0.328 e. The molecule has 1 unspecified atom stereocenters. The van der Waals surface area contributed by atoms with Gasteiger partial charge in [-0.1, -0.05) is 29.3 Å². The summed E-state index contributed by atoms with van der Waals surface area (Å²) in [6, 6.07) is 9.87. The third kappa shape index (κ3) is 7.81. The summed E-state index contributed by atoms with van der Waals surface area (Å²) in [5.74, 6) is -3.35. The number of esters is 1. The molecule has 43 heavy (non-hydrogen) atoms. The average Bonchev–Trinajstić information content (AvgIpc) is 2.97. The van der Waals surface area contributed by atoms with Crippen LogP contribution in [0.3, 0.4) is 0 Å². The van der Waals surface area contributed by atoms with E-state index in [0.717, 1.165) is 0 Å². The number of hydrogen-bond donors (Lipinski definition) is 6. The van der Waals surface area contributed by atoms with Gasteiger partial charge >= 0.3 is 11.9 Å². The lowest BCUT2D eigenvalue weighted by Crippen LogP contribution is -2.42. The molecule has 4 rings (SSSR count). The second-order valence-electron chi connectivity index (χ2n) is 9.74. The Labute approximate surface area is 255 Å². The number of nitrogens with one attached hydrogen (secondary N) is 4. The van der Waals surface area contributed by atoms with Crippen LogP contribution in [0.1, 0.15) is 40.2 Å². The van der Waals surface area contributed by atoms with Gasteiger partial charge in [-0.25, -0.2) is 4.79 Å². The molecule has 1 aliphatic heterocycles. The first-order valence-electron chi connectivity index (χ1n) is 13.1. The maximum atomic E-state index is 12.9. The number of carboxylic acids is 1. The zero-order valence-electron chi connectivity index (χ0n) is 22.6. The Morgan fingerprint density at radius 2 is 1.86 bits per heavy atom. The van der Waals surface area contributed by atoms with Gasteiger partial charge < -0.3 is 36.3 Å². The molecule has 1 aromatic heterocycles. The van der Waals surface area contributed by atoms with Gasteiger partial charge in [-0.3, -0.25) is 19.4 Å². The number of carbonyl (C=O) groups excluding carboxylic acids is 3. The van der Waals surface area contributed by atoms with Crippen molar-refractivity contribution in [3.05, 3.63) is 79.6 Å². The molecule has 3 atom stereocenters. The molecule has 7 N–H and O–H groups in total. The Morgan fingerprint density at radius 1 is 1.16 bits per heavy atom. The predicted octanol–water partition coefficient (Wildman–Crippen LogP) is 2.80. The summed E-state index contributed by atoms with van der Waals surface area (Å²) in [6.07, 6.45) is 0.131. The van der Waals surface area contributed by atoms with Crippen molar-refractivity contribution >= 4 is 64.8 Å². The van der Waals surface area contributed by atoms with Crippen molar-refractivity contribution in [3.63, 3.8) is 0 Å². The van der Waals surface area contributed by atoms with E-state index < -0.39 is 35.4 Å². The summed E-state index contributed by atoms with van der Waals surface area (Å²) in [7, 11) is 0. The summed E-state index contributed by atoms with van der Waals surface area (Å²) in [6.45, 7) is 0.434. The number of carbonyl (C=O) groups is 4. The van der Waals surface area contributed by atoms with Crippen molar-refractivity contribution in [1.29, 1.82) is 0 Å². The molecule has 15 heteroatoms. The highest BCUT2D eigenvalue weighted by Crippen LogP contribution is 2.31. The molecule has 0 spiro atoms. The van der Waals surface area contributed by atoms with Crippen molar-refractivity contribution in [1.82, 2.24) is 15.3 Å². The molecule has 0 saturated heterocycles. The smallest absolute Gasteiger partial charge is 0.328 e. The van der Waals surface area contributed by atoms with Gasteiger partial charge in [0.05, 0.1) is 11.5 Å². The van der Waals surface area contributed by atoms with Gasteiger partial charge in [-0.15, -0.1) is 0 Å². The molecule has 0 radical (unpaired) electrons. The Morgan fingerprint density at radius 3 is 2.51 bits per heavy atom. The first-order chi connectivity index (χ1) is 20.6. The number of aldehydes is 1. The molecule has 13 nitrogen and oxygen atoms in total. The third-order valence-corrected chi connectivity index (χ3v) is 7.57. The van der Waals surface area contributed by atoms with Crippen LogP contribution in [0.5, 0.6) is 0 Å². The summed E-state index contributed by atoms with van der Waals surface area (Å²) >= 11 is 12.2. The van der Waals surface area contributed by atoms with Crippen molar-refractivity contribution < 1.29 is 29.0 Å². The number of halogens is 2. The molecule has 2 heterocycles. The highest BCUT2D eigenvalue weighted by atomic mass is 35.5. The lowest BCUT2D eigenvalue weighted by atomic mass is 9.85. The quantitative estimate of drug-likeness (QED) is 0.127. The second kappa shape index (κ2) is 14.0. The SMILES string of the molecule is Nc1nc2c(c(=O)[nH]1)C(C=O)[C@H](CNc1ccc(C(=O)N[C@@H](CCC(=O)O)C(=O)OCc3c(Cl)cccc3Cl)cc1)CN2. The molecule has 1 aliphatic rings. The molecule has 1 amide bonds. The number of carboxylic acid groups (broad SMARTS) is 1. The van der Waals surface area contributed by atoms with Crippen LogP contribution in [-0.2, 0) is 25.7 Å². The fourth-order valence-corrected chi connectivity index (χ4v) is 5.08. The fourth-order valence-electron chi connectivity index (χ4n) is 4.57. The van der Waals surface area contributed by atoms with E-state index in [1.807, 2.05) is 0 Å². The number of anilines is 3. The van der Waals surface area contributed by atoms with Crippen molar-refractivity contribution in [2.24, 2.45) is 5.92 Å². The fraction of sp³-hybridized carbons (Fsp3) is 0.286. The van der Waals surface area contributed by atoms with E-state index in [2.05, 4.69) is 25.9 Å². The molecule has 226 valence electrons. The monoisotopic (exact) mass is 630 g/mol. The predicted molar refractivity (Wildman–Crippen MR) is 159 cm³/mol. The number of hydrogen-bond acceptors (Lipinski definition) is 10. The number of nitrogens with two attached hydrogens (primary N) is 1. The topological polar surface area (TPSA) is 206 Å². The van der Waals surface area contributed by atoms with E-state index >= 15 is 0 Å². The molecule has 0 bridgehead atoms.